The predicted octanol–water partition coefficient (Wildman–Crippen LogP) is 6.17. The summed E-state index contributed by atoms with van der Waals surface area (Å²) in [6, 6.07) is 0. The van der Waals surface area contributed by atoms with Crippen LogP contribution in [0.15, 0.2) is 48.6 Å². The van der Waals surface area contributed by atoms with Crippen molar-refractivity contribution in [1.82, 2.24) is 0 Å². The summed E-state index contributed by atoms with van der Waals surface area (Å²) in [5.41, 5.74) is 0. The standard InChI is InChI=1S/C27H42O6/c1-4-5-6-7-8-9-10-11-12-13-14-15-16-17-18-19-20-21-27(30)32-23-26(33-25(3)29)22-31-24(2)28/h8-9,11-12,14-15,17-18,26H,4-7,10,13,16,19-23H2,1-3H3/b9-8-,12-11-,15-14-,18-17-. The van der Waals surface area contributed by atoms with Crippen molar-refractivity contribution in [2.45, 2.75) is 91.1 Å². The molecule has 0 radical (unpaired) electrons. The third-order valence-corrected chi connectivity index (χ3v) is 4.44. The summed E-state index contributed by atoms with van der Waals surface area (Å²) in [6.07, 6.45) is 26.1. The molecule has 0 N–H and O–H groups in total. The summed E-state index contributed by atoms with van der Waals surface area (Å²) in [4.78, 5) is 33.8. The van der Waals surface area contributed by atoms with Gasteiger partial charge in [0, 0.05) is 20.3 Å². The van der Waals surface area contributed by atoms with Crippen molar-refractivity contribution in [3.63, 3.8) is 0 Å². The summed E-state index contributed by atoms with van der Waals surface area (Å²) >= 11 is 0. The van der Waals surface area contributed by atoms with Crippen LogP contribution in [0.3, 0.4) is 0 Å². The van der Waals surface area contributed by atoms with Gasteiger partial charge in [-0.2, -0.15) is 0 Å². The van der Waals surface area contributed by atoms with E-state index in [4.69, 9.17) is 14.2 Å². The van der Waals surface area contributed by atoms with E-state index in [1.807, 2.05) is 0 Å². The molecule has 0 fully saturated rings. The molecule has 0 saturated heterocycles. The second-order valence-electron chi connectivity index (χ2n) is 7.70. The number of esters is 3. The van der Waals surface area contributed by atoms with E-state index in [0.29, 0.717) is 6.42 Å². The van der Waals surface area contributed by atoms with Crippen LogP contribution in [0, 0.1) is 0 Å². The lowest BCUT2D eigenvalue weighted by Gasteiger charge is -2.16. The van der Waals surface area contributed by atoms with Crippen LogP contribution in [-0.2, 0) is 28.6 Å². The van der Waals surface area contributed by atoms with Gasteiger partial charge in [0.05, 0.1) is 0 Å². The van der Waals surface area contributed by atoms with Crippen molar-refractivity contribution >= 4 is 17.9 Å². The van der Waals surface area contributed by atoms with E-state index in [9.17, 15) is 14.4 Å². The number of hydrogen-bond acceptors (Lipinski definition) is 6. The lowest BCUT2D eigenvalue weighted by Crippen LogP contribution is -2.29. The number of carbonyl (C=O) groups excluding carboxylic acids is 3. The minimum Gasteiger partial charge on any atom is -0.462 e. The molecule has 6 nitrogen and oxygen atoms in total. The Balaban J connectivity index is 3.78. The average molecular weight is 463 g/mol. The summed E-state index contributed by atoms with van der Waals surface area (Å²) in [7, 11) is 0. The van der Waals surface area contributed by atoms with Crippen LogP contribution < -0.4 is 0 Å². The van der Waals surface area contributed by atoms with Gasteiger partial charge in [0.2, 0.25) is 0 Å². The van der Waals surface area contributed by atoms with E-state index in [0.717, 1.165) is 25.7 Å². The van der Waals surface area contributed by atoms with Gasteiger partial charge < -0.3 is 14.2 Å². The Morgan fingerprint density at radius 1 is 0.667 bits per heavy atom. The van der Waals surface area contributed by atoms with Crippen LogP contribution >= 0.6 is 0 Å². The monoisotopic (exact) mass is 462 g/mol. The molecule has 1 atom stereocenters. The number of rotatable bonds is 19. The van der Waals surface area contributed by atoms with E-state index in [-0.39, 0.29) is 25.6 Å². The zero-order valence-corrected chi connectivity index (χ0v) is 20.6. The number of ether oxygens (including phenoxy) is 3. The van der Waals surface area contributed by atoms with Gasteiger partial charge in [-0.05, 0) is 44.9 Å². The maximum Gasteiger partial charge on any atom is 0.305 e. The van der Waals surface area contributed by atoms with Crippen molar-refractivity contribution in [2.75, 3.05) is 13.2 Å². The molecule has 0 amide bonds. The minimum absolute atomic E-state index is 0.129. The number of unbranched alkanes of at least 4 members (excludes halogenated alkanes) is 4. The van der Waals surface area contributed by atoms with Crippen molar-refractivity contribution in [3.05, 3.63) is 48.6 Å². The van der Waals surface area contributed by atoms with Crippen molar-refractivity contribution < 1.29 is 28.6 Å². The molecule has 186 valence electrons. The fourth-order valence-corrected chi connectivity index (χ4v) is 2.74. The molecular formula is C27H42O6. The van der Waals surface area contributed by atoms with Gasteiger partial charge in [0.1, 0.15) is 13.2 Å². The summed E-state index contributed by atoms with van der Waals surface area (Å²) < 4.78 is 14.9. The Labute approximate surface area is 199 Å². The second-order valence-corrected chi connectivity index (χ2v) is 7.70. The normalized spacial score (nSPS) is 12.7. The van der Waals surface area contributed by atoms with Crippen LogP contribution in [0.1, 0.15) is 85.0 Å². The number of allylic oxidation sites excluding steroid dienone is 8. The summed E-state index contributed by atoms with van der Waals surface area (Å²) in [5, 5.41) is 0. The molecule has 0 rings (SSSR count). The third kappa shape index (κ3) is 23.9. The Bertz CT molecular complexity index is 645. The first-order chi connectivity index (χ1) is 16.0. The topological polar surface area (TPSA) is 78.9 Å². The zero-order valence-electron chi connectivity index (χ0n) is 20.6. The maximum absolute atomic E-state index is 11.8. The van der Waals surface area contributed by atoms with Gasteiger partial charge in [-0.15, -0.1) is 0 Å². The highest BCUT2D eigenvalue weighted by Crippen LogP contribution is 2.04. The molecule has 0 aliphatic carbocycles. The SMILES string of the molecule is CCCCC/C=C\C/C=C\C/C=C\C/C=C\CCCC(=O)OCC(COC(C)=O)OC(C)=O. The maximum atomic E-state index is 11.8. The first-order valence-electron chi connectivity index (χ1n) is 12.0. The molecule has 0 spiro atoms. The molecule has 0 aliphatic rings. The fourth-order valence-electron chi connectivity index (χ4n) is 2.74. The van der Waals surface area contributed by atoms with Crippen LogP contribution in [-0.4, -0.2) is 37.2 Å². The van der Waals surface area contributed by atoms with Gasteiger partial charge in [0.15, 0.2) is 6.10 Å². The van der Waals surface area contributed by atoms with E-state index >= 15 is 0 Å². The Kier molecular flexibility index (Phi) is 20.8. The highest BCUT2D eigenvalue weighted by atomic mass is 16.6. The molecular weight excluding hydrogens is 420 g/mol. The molecule has 0 aromatic rings. The molecule has 0 aliphatic heterocycles. The lowest BCUT2D eigenvalue weighted by molar-refractivity contribution is -0.164. The van der Waals surface area contributed by atoms with E-state index in [1.165, 1.54) is 39.5 Å². The van der Waals surface area contributed by atoms with Crippen molar-refractivity contribution in [1.29, 1.82) is 0 Å². The van der Waals surface area contributed by atoms with Gasteiger partial charge in [-0.3, -0.25) is 14.4 Å². The largest absolute Gasteiger partial charge is 0.462 e. The Morgan fingerprint density at radius 2 is 1.18 bits per heavy atom. The summed E-state index contributed by atoms with van der Waals surface area (Å²) in [6.45, 7) is 4.46. The fraction of sp³-hybridized carbons (Fsp3) is 0.593. The molecule has 0 aromatic carbocycles. The van der Waals surface area contributed by atoms with Gasteiger partial charge >= 0.3 is 17.9 Å². The van der Waals surface area contributed by atoms with Crippen molar-refractivity contribution in [3.8, 4) is 0 Å². The van der Waals surface area contributed by atoms with Crippen LogP contribution in [0.2, 0.25) is 0 Å². The predicted molar refractivity (Wildman–Crippen MR) is 132 cm³/mol. The van der Waals surface area contributed by atoms with Crippen LogP contribution in [0.4, 0.5) is 0 Å². The Morgan fingerprint density at radius 3 is 1.70 bits per heavy atom. The third-order valence-electron chi connectivity index (χ3n) is 4.44. The quantitative estimate of drug-likeness (QED) is 0.0988. The molecule has 0 bridgehead atoms. The highest BCUT2D eigenvalue weighted by Gasteiger charge is 2.16. The van der Waals surface area contributed by atoms with Gasteiger partial charge in [-0.1, -0.05) is 68.4 Å². The van der Waals surface area contributed by atoms with Crippen molar-refractivity contribution in [2.24, 2.45) is 0 Å². The zero-order chi connectivity index (χ0) is 24.6. The lowest BCUT2D eigenvalue weighted by atomic mass is 10.2. The smallest absolute Gasteiger partial charge is 0.305 e. The van der Waals surface area contributed by atoms with Gasteiger partial charge in [-0.25, -0.2) is 0 Å². The number of carbonyl (C=O) groups is 3. The minimum atomic E-state index is -0.788. The molecule has 0 saturated carbocycles. The van der Waals surface area contributed by atoms with E-state index in [1.54, 1.807) is 0 Å². The van der Waals surface area contributed by atoms with Crippen LogP contribution in [0.5, 0.6) is 0 Å². The molecule has 0 heterocycles. The molecule has 33 heavy (non-hydrogen) atoms. The Hall–Kier alpha value is -2.63. The van der Waals surface area contributed by atoms with E-state index < -0.39 is 18.0 Å². The molecule has 1 unspecified atom stereocenters. The highest BCUT2D eigenvalue weighted by molar-refractivity contribution is 5.69. The first kappa shape index (κ1) is 30.4. The van der Waals surface area contributed by atoms with Crippen LogP contribution in [0.25, 0.3) is 0 Å². The summed E-state index contributed by atoms with van der Waals surface area (Å²) in [5.74, 6) is -1.38. The average Bonchev–Trinajstić information content (AvgIpc) is 2.77. The second kappa shape index (κ2) is 22.6. The molecule has 0 aromatic heterocycles. The molecule has 6 heteroatoms. The van der Waals surface area contributed by atoms with E-state index in [2.05, 4.69) is 55.5 Å². The number of hydrogen-bond donors (Lipinski definition) is 0. The van der Waals surface area contributed by atoms with Gasteiger partial charge in [0.25, 0.3) is 0 Å². The first-order valence-corrected chi connectivity index (χ1v) is 12.0.